The van der Waals surface area contributed by atoms with Gasteiger partial charge in [-0.1, -0.05) is 28.1 Å². The van der Waals surface area contributed by atoms with E-state index in [-0.39, 0.29) is 11.9 Å². The number of nitrogens with two attached hydrogens (primary N) is 1. The van der Waals surface area contributed by atoms with Crippen molar-refractivity contribution in [1.29, 1.82) is 0 Å². The molecule has 3 nitrogen and oxygen atoms in total. The molecule has 0 fully saturated rings. The first-order valence-corrected chi connectivity index (χ1v) is 5.66. The monoisotopic (exact) mass is 270 g/mol. The quantitative estimate of drug-likeness (QED) is 0.860. The summed E-state index contributed by atoms with van der Waals surface area (Å²) in [6, 6.07) is 8.31. The Balaban J connectivity index is 2.46. The molecule has 3 N–H and O–H groups in total. The zero-order valence-corrected chi connectivity index (χ0v) is 10.3. The molecule has 0 saturated heterocycles. The van der Waals surface area contributed by atoms with E-state index >= 15 is 0 Å². The van der Waals surface area contributed by atoms with Crippen molar-refractivity contribution >= 4 is 21.8 Å². The lowest BCUT2D eigenvalue weighted by atomic mass is 10.1. The Kier molecular flexibility index (Phi) is 4.78. The molecule has 0 radical (unpaired) electrons. The molecule has 1 unspecified atom stereocenters. The van der Waals surface area contributed by atoms with Gasteiger partial charge in [0.1, 0.15) is 0 Å². The van der Waals surface area contributed by atoms with Crippen molar-refractivity contribution in [2.45, 2.75) is 19.4 Å². The molecule has 1 aromatic rings. The number of nitrogens with one attached hydrogen (secondary N) is 1. The van der Waals surface area contributed by atoms with Crippen molar-refractivity contribution < 1.29 is 4.79 Å². The number of hydrogen-bond donors (Lipinski definition) is 2. The molecular formula is C11H15BrN2O. The van der Waals surface area contributed by atoms with Crippen molar-refractivity contribution in [2.24, 2.45) is 5.73 Å². The highest BCUT2D eigenvalue weighted by Gasteiger charge is 2.04. The standard InChI is InChI=1S/C11H15BrN2O/c1-8(14-6-5-11(13)15)9-3-2-4-10(12)7-9/h2-4,7-8,14H,5-6H2,1H3,(H2,13,15). The largest absolute Gasteiger partial charge is 0.370 e. The fourth-order valence-corrected chi connectivity index (χ4v) is 1.72. The van der Waals surface area contributed by atoms with E-state index in [1.807, 2.05) is 18.2 Å². The highest BCUT2D eigenvalue weighted by atomic mass is 79.9. The first-order chi connectivity index (χ1) is 7.09. The van der Waals surface area contributed by atoms with Crippen molar-refractivity contribution in [1.82, 2.24) is 5.32 Å². The summed E-state index contributed by atoms with van der Waals surface area (Å²) in [4.78, 5) is 10.5. The van der Waals surface area contributed by atoms with Gasteiger partial charge in [0.15, 0.2) is 0 Å². The van der Waals surface area contributed by atoms with E-state index in [9.17, 15) is 4.79 Å². The van der Waals surface area contributed by atoms with Gasteiger partial charge in [-0.2, -0.15) is 0 Å². The molecule has 1 aromatic carbocycles. The van der Waals surface area contributed by atoms with Crippen LogP contribution in [0.25, 0.3) is 0 Å². The molecule has 0 aromatic heterocycles. The van der Waals surface area contributed by atoms with E-state index < -0.39 is 0 Å². The fourth-order valence-electron chi connectivity index (χ4n) is 1.31. The van der Waals surface area contributed by atoms with E-state index in [4.69, 9.17) is 5.73 Å². The van der Waals surface area contributed by atoms with Gasteiger partial charge >= 0.3 is 0 Å². The first kappa shape index (κ1) is 12.2. The molecule has 4 heteroatoms. The third-order valence-corrected chi connectivity index (χ3v) is 2.66. The van der Waals surface area contributed by atoms with Gasteiger partial charge in [-0.15, -0.1) is 0 Å². The van der Waals surface area contributed by atoms with Gasteiger partial charge in [0.2, 0.25) is 5.91 Å². The van der Waals surface area contributed by atoms with Crippen molar-refractivity contribution in [3.05, 3.63) is 34.3 Å². The number of halogens is 1. The van der Waals surface area contributed by atoms with Crippen LogP contribution >= 0.6 is 15.9 Å². The van der Waals surface area contributed by atoms with E-state index in [1.165, 1.54) is 5.56 Å². The number of rotatable bonds is 5. The molecule has 82 valence electrons. The van der Waals surface area contributed by atoms with Crippen LogP contribution in [-0.4, -0.2) is 12.5 Å². The first-order valence-electron chi connectivity index (χ1n) is 4.86. The van der Waals surface area contributed by atoms with Crippen LogP contribution in [0.4, 0.5) is 0 Å². The Morgan fingerprint density at radius 1 is 1.60 bits per heavy atom. The van der Waals surface area contributed by atoms with Gasteiger partial charge in [-0.3, -0.25) is 4.79 Å². The summed E-state index contributed by atoms with van der Waals surface area (Å²) in [6.45, 7) is 2.67. The highest BCUT2D eigenvalue weighted by molar-refractivity contribution is 9.10. The smallest absolute Gasteiger partial charge is 0.218 e. The molecule has 0 bridgehead atoms. The van der Waals surface area contributed by atoms with Gasteiger partial charge in [0, 0.05) is 23.5 Å². The predicted octanol–water partition coefficient (Wildman–Crippen LogP) is 1.98. The molecule has 1 rings (SSSR count). The average molecular weight is 271 g/mol. The topological polar surface area (TPSA) is 55.1 Å². The van der Waals surface area contributed by atoms with Crippen LogP contribution in [0.3, 0.4) is 0 Å². The summed E-state index contributed by atoms with van der Waals surface area (Å²) < 4.78 is 1.06. The van der Waals surface area contributed by atoms with Crippen molar-refractivity contribution in [2.75, 3.05) is 6.54 Å². The molecular weight excluding hydrogens is 256 g/mol. The van der Waals surface area contributed by atoms with E-state index in [0.717, 1.165) is 4.47 Å². The maximum Gasteiger partial charge on any atom is 0.218 e. The molecule has 0 aliphatic heterocycles. The Hall–Kier alpha value is -0.870. The predicted molar refractivity (Wildman–Crippen MR) is 64.4 cm³/mol. The van der Waals surface area contributed by atoms with Crippen LogP contribution in [0.5, 0.6) is 0 Å². The average Bonchev–Trinajstić information content (AvgIpc) is 2.17. The molecule has 1 amide bonds. The van der Waals surface area contributed by atoms with Gasteiger partial charge < -0.3 is 11.1 Å². The highest BCUT2D eigenvalue weighted by Crippen LogP contribution is 2.17. The van der Waals surface area contributed by atoms with Gasteiger partial charge in [0.05, 0.1) is 0 Å². The second kappa shape index (κ2) is 5.88. The lowest BCUT2D eigenvalue weighted by molar-refractivity contribution is -0.117. The number of hydrogen-bond acceptors (Lipinski definition) is 2. The second-order valence-electron chi connectivity index (χ2n) is 3.45. The summed E-state index contributed by atoms with van der Waals surface area (Å²) >= 11 is 3.42. The van der Waals surface area contributed by atoms with Crippen LogP contribution in [0, 0.1) is 0 Å². The third kappa shape index (κ3) is 4.44. The molecule has 0 spiro atoms. The van der Waals surface area contributed by atoms with Crippen LogP contribution in [0.2, 0.25) is 0 Å². The van der Waals surface area contributed by atoms with Crippen molar-refractivity contribution in [3.8, 4) is 0 Å². The Morgan fingerprint density at radius 3 is 2.93 bits per heavy atom. The number of carbonyl (C=O) groups excluding carboxylic acids is 1. The van der Waals surface area contributed by atoms with Gasteiger partial charge in [-0.05, 0) is 24.6 Å². The number of primary amides is 1. The minimum atomic E-state index is -0.274. The zero-order valence-electron chi connectivity index (χ0n) is 8.66. The second-order valence-corrected chi connectivity index (χ2v) is 4.36. The normalized spacial score (nSPS) is 12.4. The number of amides is 1. The van der Waals surface area contributed by atoms with Crippen LogP contribution < -0.4 is 11.1 Å². The van der Waals surface area contributed by atoms with Gasteiger partial charge in [0.25, 0.3) is 0 Å². The van der Waals surface area contributed by atoms with E-state index in [2.05, 4.69) is 34.2 Å². The molecule has 0 aliphatic rings. The summed E-state index contributed by atoms with van der Waals surface area (Å²) in [6.07, 6.45) is 0.373. The molecule has 0 aliphatic carbocycles. The lowest BCUT2D eigenvalue weighted by Gasteiger charge is -2.13. The summed E-state index contributed by atoms with van der Waals surface area (Å²) in [5, 5.41) is 3.24. The van der Waals surface area contributed by atoms with Crippen LogP contribution in [0.15, 0.2) is 28.7 Å². The minimum Gasteiger partial charge on any atom is -0.370 e. The molecule has 0 saturated carbocycles. The van der Waals surface area contributed by atoms with Crippen LogP contribution in [-0.2, 0) is 4.79 Å². The molecule has 15 heavy (non-hydrogen) atoms. The Bertz CT molecular complexity index is 341. The Morgan fingerprint density at radius 2 is 2.33 bits per heavy atom. The van der Waals surface area contributed by atoms with Crippen LogP contribution in [0.1, 0.15) is 24.9 Å². The summed E-state index contributed by atoms with van der Waals surface area (Å²) in [5.74, 6) is -0.274. The Labute approximate surface area is 98.2 Å². The van der Waals surface area contributed by atoms with Gasteiger partial charge in [-0.25, -0.2) is 0 Å². The number of carbonyl (C=O) groups is 1. The third-order valence-electron chi connectivity index (χ3n) is 2.17. The molecule has 0 heterocycles. The number of benzene rings is 1. The molecule has 1 atom stereocenters. The zero-order chi connectivity index (χ0) is 11.3. The van der Waals surface area contributed by atoms with Crippen molar-refractivity contribution in [3.63, 3.8) is 0 Å². The maximum absolute atomic E-state index is 10.5. The minimum absolute atomic E-state index is 0.224. The maximum atomic E-state index is 10.5. The fraction of sp³-hybridized carbons (Fsp3) is 0.364. The SMILES string of the molecule is CC(NCCC(N)=O)c1cccc(Br)c1. The summed E-state index contributed by atoms with van der Waals surface area (Å²) in [5.41, 5.74) is 6.24. The van der Waals surface area contributed by atoms with E-state index in [0.29, 0.717) is 13.0 Å². The summed E-state index contributed by atoms with van der Waals surface area (Å²) in [7, 11) is 0. The van der Waals surface area contributed by atoms with E-state index in [1.54, 1.807) is 0 Å². The lowest BCUT2D eigenvalue weighted by Crippen LogP contribution is -2.24.